The molecule has 0 spiro atoms. The Hall–Kier alpha value is -1.41. The molecule has 0 aromatic carbocycles. The number of piperidine rings is 1. The van der Waals surface area contributed by atoms with Crippen molar-refractivity contribution in [3.8, 4) is 0 Å². The molecule has 0 N–H and O–H groups in total. The minimum Gasteiger partial charge on any atom is -0.356 e. The number of nitrogens with zero attached hydrogens (tertiary/aromatic N) is 6. The fourth-order valence-electron chi connectivity index (χ4n) is 2.74. The molecule has 6 nitrogen and oxygen atoms in total. The first-order valence-electron chi connectivity index (χ1n) is 7.49. The number of aromatic nitrogens is 4. The van der Waals surface area contributed by atoms with Crippen LogP contribution in [0.4, 0.5) is 11.8 Å². The molecule has 3 rings (SSSR count). The van der Waals surface area contributed by atoms with Crippen molar-refractivity contribution in [1.82, 2.24) is 19.9 Å². The van der Waals surface area contributed by atoms with Gasteiger partial charge in [0.2, 0.25) is 5.95 Å². The minimum absolute atomic E-state index is 0.453. The maximum atomic E-state index is 4.59. The first-order chi connectivity index (χ1) is 11.2. The van der Waals surface area contributed by atoms with Crippen LogP contribution >= 0.6 is 27.7 Å². The van der Waals surface area contributed by atoms with Crippen LogP contribution in [0.15, 0.2) is 34.3 Å². The van der Waals surface area contributed by atoms with Gasteiger partial charge in [-0.2, -0.15) is 0 Å². The first kappa shape index (κ1) is 16.4. The molecule has 23 heavy (non-hydrogen) atoms. The molecule has 0 bridgehead atoms. The van der Waals surface area contributed by atoms with Crippen molar-refractivity contribution >= 4 is 39.5 Å². The number of anilines is 2. The van der Waals surface area contributed by atoms with Gasteiger partial charge in [-0.05, 0) is 41.1 Å². The number of rotatable bonds is 4. The van der Waals surface area contributed by atoms with Gasteiger partial charge in [-0.3, -0.25) is 0 Å². The van der Waals surface area contributed by atoms with E-state index in [4.69, 9.17) is 0 Å². The molecule has 0 amide bonds. The maximum absolute atomic E-state index is 4.59. The fourth-order valence-corrected chi connectivity index (χ4v) is 3.30. The molecule has 2 aromatic rings. The number of hydrogen-bond acceptors (Lipinski definition) is 7. The third-order valence-corrected chi connectivity index (χ3v) is 5.03. The van der Waals surface area contributed by atoms with Gasteiger partial charge in [-0.15, -0.1) is 0 Å². The van der Waals surface area contributed by atoms with Crippen molar-refractivity contribution in [2.45, 2.75) is 24.0 Å². The zero-order valence-electron chi connectivity index (χ0n) is 13.2. The van der Waals surface area contributed by atoms with Crippen LogP contribution in [0.3, 0.4) is 0 Å². The molecular weight excluding hydrogens is 376 g/mol. The van der Waals surface area contributed by atoms with E-state index in [9.17, 15) is 0 Å². The van der Waals surface area contributed by atoms with Crippen molar-refractivity contribution in [3.63, 3.8) is 0 Å². The summed E-state index contributed by atoms with van der Waals surface area (Å²) < 4.78 is 0.901. The Morgan fingerprint density at radius 1 is 1.22 bits per heavy atom. The van der Waals surface area contributed by atoms with E-state index in [0.717, 1.165) is 47.3 Å². The van der Waals surface area contributed by atoms with Crippen LogP contribution in [-0.2, 0) is 0 Å². The summed E-state index contributed by atoms with van der Waals surface area (Å²) in [5.74, 6) is 1.80. The highest BCUT2D eigenvalue weighted by molar-refractivity contribution is 9.10. The Balaban J connectivity index is 1.62. The second kappa shape index (κ2) is 7.44. The summed E-state index contributed by atoms with van der Waals surface area (Å²) in [5.41, 5.74) is 0. The molecule has 122 valence electrons. The van der Waals surface area contributed by atoms with Crippen LogP contribution in [0, 0.1) is 0 Å². The summed E-state index contributed by atoms with van der Waals surface area (Å²) in [5, 5.41) is 0.824. The quantitative estimate of drug-likeness (QED) is 0.583. The molecule has 1 aliphatic rings. The van der Waals surface area contributed by atoms with Gasteiger partial charge < -0.3 is 9.80 Å². The largest absolute Gasteiger partial charge is 0.356 e. The van der Waals surface area contributed by atoms with Gasteiger partial charge in [0, 0.05) is 44.8 Å². The molecule has 0 unspecified atom stereocenters. The predicted molar refractivity (Wildman–Crippen MR) is 97.2 cm³/mol. The van der Waals surface area contributed by atoms with Gasteiger partial charge in [-0.25, -0.2) is 19.9 Å². The fraction of sp³-hybridized carbons (Fsp3) is 0.467. The third-order valence-electron chi connectivity index (χ3n) is 4.06. The molecular formula is C15H19BrN6S. The molecule has 1 fully saturated rings. The summed E-state index contributed by atoms with van der Waals surface area (Å²) in [6, 6.07) is 2.44. The Labute approximate surface area is 148 Å². The van der Waals surface area contributed by atoms with E-state index in [1.165, 1.54) is 0 Å². The number of thioether (sulfide) groups is 1. The van der Waals surface area contributed by atoms with Gasteiger partial charge in [0.25, 0.3) is 0 Å². The van der Waals surface area contributed by atoms with Crippen LogP contribution < -0.4 is 9.80 Å². The van der Waals surface area contributed by atoms with Crippen molar-refractivity contribution < 1.29 is 0 Å². The Morgan fingerprint density at radius 2 is 1.91 bits per heavy atom. The maximum Gasteiger partial charge on any atom is 0.225 e. The lowest BCUT2D eigenvalue weighted by atomic mass is 10.0. The SMILES string of the molecule is CSc1nccc(N2CCC(N(C)c3ncc(Br)cn3)CC2)n1. The number of halogens is 1. The zero-order valence-corrected chi connectivity index (χ0v) is 15.6. The van der Waals surface area contributed by atoms with Crippen LogP contribution in [0.5, 0.6) is 0 Å². The summed E-state index contributed by atoms with van der Waals surface area (Å²) in [7, 11) is 2.07. The third kappa shape index (κ3) is 3.92. The highest BCUT2D eigenvalue weighted by atomic mass is 79.9. The molecule has 3 heterocycles. The van der Waals surface area contributed by atoms with Crippen molar-refractivity contribution in [2.24, 2.45) is 0 Å². The molecule has 2 aromatic heterocycles. The monoisotopic (exact) mass is 394 g/mol. The normalized spacial score (nSPS) is 15.7. The van der Waals surface area contributed by atoms with Gasteiger partial charge in [-0.1, -0.05) is 11.8 Å². The van der Waals surface area contributed by atoms with Gasteiger partial charge in [0.15, 0.2) is 5.16 Å². The minimum atomic E-state index is 0.453. The second-order valence-electron chi connectivity index (χ2n) is 5.43. The van der Waals surface area contributed by atoms with E-state index in [2.05, 4.69) is 52.7 Å². The van der Waals surface area contributed by atoms with E-state index in [0.29, 0.717) is 6.04 Å². The van der Waals surface area contributed by atoms with Gasteiger partial charge in [0.05, 0.1) is 4.47 Å². The van der Waals surface area contributed by atoms with Gasteiger partial charge in [0.1, 0.15) is 5.82 Å². The van der Waals surface area contributed by atoms with E-state index in [1.54, 1.807) is 24.2 Å². The van der Waals surface area contributed by atoms with Crippen molar-refractivity contribution in [2.75, 3.05) is 36.2 Å². The Morgan fingerprint density at radius 3 is 2.57 bits per heavy atom. The topological polar surface area (TPSA) is 58.0 Å². The zero-order chi connectivity index (χ0) is 16.2. The highest BCUT2D eigenvalue weighted by Crippen LogP contribution is 2.23. The van der Waals surface area contributed by atoms with Crippen LogP contribution in [0.25, 0.3) is 0 Å². The van der Waals surface area contributed by atoms with E-state index in [1.807, 2.05) is 18.5 Å². The summed E-state index contributed by atoms with van der Waals surface area (Å²) >= 11 is 4.95. The second-order valence-corrected chi connectivity index (χ2v) is 7.12. The predicted octanol–water partition coefficient (Wildman–Crippen LogP) is 2.86. The first-order valence-corrected chi connectivity index (χ1v) is 9.51. The molecule has 1 saturated heterocycles. The van der Waals surface area contributed by atoms with Crippen LogP contribution in [-0.4, -0.2) is 52.4 Å². The molecule has 8 heteroatoms. The number of hydrogen-bond donors (Lipinski definition) is 0. The summed E-state index contributed by atoms with van der Waals surface area (Å²) in [6.45, 7) is 1.97. The lowest BCUT2D eigenvalue weighted by Crippen LogP contribution is -2.44. The Bertz CT molecular complexity index is 645. The molecule has 0 saturated carbocycles. The van der Waals surface area contributed by atoms with Crippen LogP contribution in [0.1, 0.15) is 12.8 Å². The average Bonchev–Trinajstić information content (AvgIpc) is 2.62. The molecule has 0 atom stereocenters. The summed E-state index contributed by atoms with van der Waals surface area (Å²) in [4.78, 5) is 22.1. The van der Waals surface area contributed by atoms with E-state index in [-0.39, 0.29) is 0 Å². The molecule has 1 aliphatic heterocycles. The molecule has 0 aliphatic carbocycles. The smallest absolute Gasteiger partial charge is 0.225 e. The van der Waals surface area contributed by atoms with E-state index < -0.39 is 0 Å². The van der Waals surface area contributed by atoms with Crippen LogP contribution in [0.2, 0.25) is 0 Å². The average molecular weight is 395 g/mol. The van der Waals surface area contributed by atoms with Crippen molar-refractivity contribution in [1.29, 1.82) is 0 Å². The van der Waals surface area contributed by atoms with Crippen molar-refractivity contribution in [3.05, 3.63) is 29.1 Å². The van der Waals surface area contributed by atoms with Gasteiger partial charge >= 0.3 is 0 Å². The lowest BCUT2D eigenvalue weighted by Gasteiger charge is -2.37. The Kier molecular flexibility index (Phi) is 5.32. The molecule has 0 radical (unpaired) electrons. The lowest BCUT2D eigenvalue weighted by molar-refractivity contribution is 0.474. The standard InChI is InChI=1S/C15H19BrN6S/c1-21(14-18-9-11(16)10-19-14)12-4-7-22(8-5-12)13-3-6-17-15(20-13)23-2/h3,6,9-10,12H,4-5,7-8H2,1-2H3. The summed E-state index contributed by atoms with van der Waals surface area (Å²) in [6.07, 6.45) is 9.54. The van der Waals surface area contributed by atoms with E-state index >= 15 is 0 Å². The highest BCUT2D eigenvalue weighted by Gasteiger charge is 2.24.